The number of halogens is 5. The van der Waals surface area contributed by atoms with Crippen LogP contribution in [0.3, 0.4) is 0 Å². The van der Waals surface area contributed by atoms with Gasteiger partial charge in [-0.3, -0.25) is 0 Å². The van der Waals surface area contributed by atoms with E-state index >= 15 is 0 Å². The Labute approximate surface area is 83.8 Å². The van der Waals surface area contributed by atoms with E-state index in [4.69, 9.17) is 0 Å². The first-order chi connectivity index (χ1) is 0. The molecule has 0 heterocycles. The van der Waals surface area contributed by atoms with Gasteiger partial charge >= 0.3 is 22.4 Å². The molecule has 0 amide bonds. The molecular weight excluding hydrogens is 270 g/mol. The Morgan fingerprint density at radius 2 is 0.333 bits per heavy atom. The Balaban J connectivity index is 0. The summed E-state index contributed by atoms with van der Waals surface area (Å²) in [4.78, 5) is 0. The first-order valence-electron chi connectivity index (χ1n) is 0. The van der Waals surface area contributed by atoms with Crippen LogP contribution < -0.4 is 62.0 Å². The van der Waals surface area contributed by atoms with Crippen LogP contribution in [0.2, 0.25) is 0 Å². The van der Waals surface area contributed by atoms with Crippen LogP contribution in [-0.2, 0) is 22.4 Å². The zero-order chi connectivity index (χ0) is 0. The van der Waals surface area contributed by atoms with Crippen molar-refractivity contribution in [2.75, 3.05) is 0 Å². The second kappa shape index (κ2) is 57.4. The molecule has 0 saturated heterocycles. The minimum atomic E-state index is 0. The van der Waals surface area contributed by atoms with Crippen molar-refractivity contribution >= 4 is 0 Å². The van der Waals surface area contributed by atoms with Crippen molar-refractivity contribution in [2.45, 2.75) is 0 Å². The summed E-state index contributed by atoms with van der Waals surface area (Å²) >= 11 is 0. The van der Waals surface area contributed by atoms with Gasteiger partial charge in [-0.1, -0.05) is 0 Å². The normalized spacial score (nSPS) is 0. The Hall–Kier alpha value is 2.19. The van der Waals surface area contributed by atoms with Crippen molar-refractivity contribution in [3.8, 4) is 0 Å². The molecule has 1 radical (unpaired) electrons. The van der Waals surface area contributed by atoms with Crippen LogP contribution in [0.15, 0.2) is 0 Å². The molecule has 0 aromatic heterocycles. The quantitative estimate of drug-likeness (QED) is 0.384. The zero-order valence-corrected chi connectivity index (χ0v) is 8.32. The van der Waals surface area contributed by atoms with Crippen molar-refractivity contribution in [3.05, 3.63) is 0 Å². The van der Waals surface area contributed by atoms with Crippen LogP contribution in [0.4, 0.5) is 0 Å². The summed E-state index contributed by atoms with van der Waals surface area (Å²) in [6, 6.07) is 0. The SMILES string of the molecule is [Cl-].[Cl-].[Cl-].[Cl-].[Cl-].[Nb+2]. The average molecular weight is 270 g/mol. The molecule has 0 saturated carbocycles. The van der Waals surface area contributed by atoms with Gasteiger partial charge in [-0.05, 0) is 0 Å². The summed E-state index contributed by atoms with van der Waals surface area (Å²) in [5, 5.41) is 0. The minimum Gasteiger partial charge on any atom is -1.00 e. The predicted octanol–water partition coefficient (Wildman–Crippen LogP) is -15.0. The van der Waals surface area contributed by atoms with Gasteiger partial charge in [0.2, 0.25) is 0 Å². The summed E-state index contributed by atoms with van der Waals surface area (Å²) in [5.41, 5.74) is 0. The van der Waals surface area contributed by atoms with Crippen LogP contribution >= 0.6 is 0 Å². The van der Waals surface area contributed by atoms with E-state index in [1.807, 2.05) is 0 Å². The third-order valence-electron chi connectivity index (χ3n) is 0. The number of rotatable bonds is 0. The van der Waals surface area contributed by atoms with Crippen molar-refractivity contribution in [3.63, 3.8) is 0 Å². The third-order valence-corrected chi connectivity index (χ3v) is 0. The van der Waals surface area contributed by atoms with Crippen LogP contribution in [-0.4, -0.2) is 0 Å². The van der Waals surface area contributed by atoms with Crippen molar-refractivity contribution in [1.82, 2.24) is 0 Å². The monoisotopic (exact) mass is 268 g/mol. The fraction of sp³-hybridized carbons (Fsp3) is 0. The van der Waals surface area contributed by atoms with Gasteiger partial charge in [0.1, 0.15) is 0 Å². The number of hydrogen-bond acceptors (Lipinski definition) is 0. The van der Waals surface area contributed by atoms with E-state index in [1.54, 1.807) is 0 Å². The molecule has 0 bridgehead atoms. The zero-order valence-electron chi connectivity index (χ0n) is 2.34. The molecule has 0 unspecified atom stereocenters. The van der Waals surface area contributed by atoms with Gasteiger partial charge in [0.15, 0.2) is 0 Å². The molecule has 0 aliphatic rings. The van der Waals surface area contributed by atoms with E-state index in [-0.39, 0.29) is 84.4 Å². The molecule has 0 aliphatic heterocycles. The predicted molar refractivity (Wildman–Crippen MR) is 0 cm³/mol. The van der Waals surface area contributed by atoms with Crippen LogP contribution in [0.5, 0.6) is 0 Å². The average Bonchev–Trinajstić information content (AvgIpc) is 0. The molecule has 0 aromatic carbocycles. The minimum absolute atomic E-state index is 0. The third kappa shape index (κ3) is 34.8. The molecule has 0 aromatic rings. The maximum atomic E-state index is 0. The smallest absolute Gasteiger partial charge is 1.00 e. The molecule has 0 N–H and O–H groups in total. The Bertz CT molecular complexity index is 3.90. The largest absolute Gasteiger partial charge is 2.00 e. The molecule has 0 aliphatic carbocycles. The van der Waals surface area contributed by atoms with Crippen molar-refractivity contribution in [2.24, 2.45) is 0 Å². The van der Waals surface area contributed by atoms with Gasteiger partial charge in [-0.15, -0.1) is 0 Å². The Kier molecular flexibility index (Phi) is 845. The first-order valence-corrected chi connectivity index (χ1v) is 0. The summed E-state index contributed by atoms with van der Waals surface area (Å²) in [6.45, 7) is 0. The van der Waals surface area contributed by atoms with E-state index in [1.165, 1.54) is 0 Å². The summed E-state index contributed by atoms with van der Waals surface area (Å²) in [7, 11) is 0. The fourth-order valence-electron chi connectivity index (χ4n) is 0. The van der Waals surface area contributed by atoms with Crippen molar-refractivity contribution in [1.29, 1.82) is 0 Å². The summed E-state index contributed by atoms with van der Waals surface area (Å²) in [5.74, 6) is 0. The maximum Gasteiger partial charge on any atom is 2.00 e. The molecule has 6 heavy (non-hydrogen) atoms. The number of hydrogen-bond donors (Lipinski definition) is 0. The van der Waals surface area contributed by atoms with Crippen LogP contribution in [0, 0.1) is 0 Å². The molecule has 6 heteroatoms. The molecule has 0 fully saturated rings. The molecule has 0 rings (SSSR count). The topological polar surface area (TPSA) is 0 Å². The summed E-state index contributed by atoms with van der Waals surface area (Å²) < 4.78 is 0. The van der Waals surface area contributed by atoms with Gasteiger partial charge in [-0.25, -0.2) is 0 Å². The fourth-order valence-corrected chi connectivity index (χ4v) is 0. The van der Waals surface area contributed by atoms with E-state index in [0.29, 0.717) is 0 Å². The van der Waals surface area contributed by atoms with Gasteiger partial charge in [0.25, 0.3) is 0 Å². The van der Waals surface area contributed by atoms with E-state index in [2.05, 4.69) is 0 Å². The van der Waals surface area contributed by atoms with Gasteiger partial charge in [-0.2, -0.15) is 0 Å². The van der Waals surface area contributed by atoms with Crippen molar-refractivity contribution < 1.29 is 84.4 Å². The second-order valence-electron chi connectivity index (χ2n) is 0. The molecule has 0 nitrogen and oxygen atoms in total. The maximum absolute atomic E-state index is 0. The van der Waals surface area contributed by atoms with Crippen LogP contribution in [0.25, 0.3) is 0 Å². The van der Waals surface area contributed by atoms with Gasteiger partial charge in [0, 0.05) is 0 Å². The Morgan fingerprint density at radius 3 is 0.333 bits per heavy atom. The first kappa shape index (κ1) is 88.3. The van der Waals surface area contributed by atoms with Crippen LogP contribution in [0.1, 0.15) is 0 Å². The second-order valence-corrected chi connectivity index (χ2v) is 0. The standard InChI is InChI=1S/5ClH.Nb/h5*1H;/q;;;;;+2/p-5. The molecule has 0 spiro atoms. The summed E-state index contributed by atoms with van der Waals surface area (Å²) in [6.07, 6.45) is 0. The molecule has 43 valence electrons. The molecular formula is Cl5Nb-3. The van der Waals surface area contributed by atoms with Gasteiger partial charge in [0.05, 0.1) is 0 Å². The van der Waals surface area contributed by atoms with Gasteiger partial charge < -0.3 is 62.0 Å². The Morgan fingerprint density at radius 1 is 0.333 bits per heavy atom. The van der Waals surface area contributed by atoms with E-state index in [9.17, 15) is 0 Å². The van der Waals surface area contributed by atoms with E-state index < -0.39 is 0 Å². The molecule has 0 atom stereocenters. The van der Waals surface area contributed by atoms with E-state index in [0.717, 1.165) is 0 Å².